The molecule has 2 saturated heterocycles. The van der Waals surface area contributed by atoms with Crippen LogP contribution in [0.2, 0.25) is 0 Å². The Bertz CT molecular complexity index is 1660. The lowest BCUT2D eigenvalue weighted by Crippen LogP contribution is -2.52. The molecule has 2 atom stereocenters. The van der Waals surface area contributed by atoms with Gasteiger partial charge >= 0.3 is 0 Å². The molecular formula is C31H34N6O5. The number of aromatic nitrogens is 4. The quantitative estimate of drug-likeness (QED) is 0.333. The molecule has 4 aromatic rings. The molecule has 2 aromatic carbocycles. The van der Waals surface area contributed by atoms with E-state index in [1.54, 1.807) is 0 Å². The summed E-state index contributed by atoms with van der Waals surface area (Å²) in [6, 6.07) is 15.7. The molecule has 2 aromatic heterocycles. The highest BCUT2D eigenvalue weighted by Gasteiger charge is 2.39. The van der Waals surface area contributed by atoms with Crippen molar-refractivity contribution in [3.63, 3.8) is 0 Å². The number of hydrogen-bond acceptors (Lipinski definition) is 8. The van der Waals surface area contributed by atoms with Crippen molar-refractivity contribution in [2.24, 2.45) is 5.92 Å². The lowest BCUT2D eigenvalue weighted by Gasteiger charge is -2.41. The third-order valence-electron chi connectivity index (χ3n) is 8.87. The second-order valence-electron chi connectivity index (χ2n) is 11.5. The third kappa shape index (κ3) is 4.92. The van der Waals surface area contributed by atoms with E-state index in [4.69, 9.17) is 9.47 Å². The maximum absolute atomic E-state index is 13.7. The molecule has 0 saturated carbocycles. The summed E-state index contributed by atoms with van der Waals surface area (Å²) in [4.78, 5) is 33.6. The second kappa shape index (κ2) is 10.9. The molecule has 1 amide bonds. The van der Waals surface area contributed by atoms with Crippen LogP contribution < -0.4 is 20.3 Å². The maximum atomic E-state index is 13.7. The van der Waals surface area contributed by atoms with Crippen molar-refractivity contribution < 1.29 is 19.4 Å². The highest BCUT2D eigenvalue weighted by atomic mass is 16.6. The molecule has 11 nitrogen and oxygen atoms in total. The monoisotopic (exact) mass is 570 g/mol. The van der Waals surface area contributed by atoms with Crippen molar-refractivity contribution >= 4 is 16.9 Å². The molecule has 218 valence electrons. The fourth-order valence-corrected chi connectivity index (χ4v) is 6.53. The molecule has 0 unspecified atom stereocenters. The van der Waals surface area contributed by atoms with Crippen molar-refractivity contribution in [1.29, 1.82) is 0 Å². The van der Waals surface area contributed by atoms with Crippen LogP contribution in [-0.4, -0.2) is 80.7 Å². The van der Waals surface area contributed by atoms with Gasteiger partial charge in [0, 0.05) is 37.0 Å². The first-order chi connectivity index (χ1) is 20.5. The smallest absolute Gasteiger partial charge is 0.265 e. The largest absolute Gasteiger partial charge is 0.486 e. The van der Waals surface area contributed by atoms with E-state index in [1.165, 1.54) is 16.5 Å². The number of amides is 1. The Kier molecular flexibility index (Phi) is 6.91. The molecule has 42 heavy (non-hydrogen) atoms. The number of carbonyl (C=O) groups excluding carboxylic acids is 1. The van der Waals surface area contributed by atoms with Gasteiger partial charge in [0.05, 0.1) is 17.8 Å². The number of fused-ring (bicyclic) bond motifs is 2. The van der Waals surface area contributed by atoms with Crippen LogP contribution in [0.1, 0.15) is 30.7 Å². The average Bonchev–Trinajstić information content (AvgIpc) is 3.48. The van der Waals surface area contributed by atoms with Gasteiger partial charge in [0.2, 0.25) is 5.91 Å². The minimum absolute atomic E-state index is 0.0859. The summed E-state index contributed by atoms with van der Waals surface area (Å²) >= 11 is 0. The van der Waals surface area contributed by atoms with Crippen molar-refractivity contribution in [2.45, 2.75) is 37.3 Å². The van der Waals surface area contributed by atoms with Gasteiger partial charge in [-0.1, -0.05) is 30.3 Å². The van der Waals surface area contributed by atoms with Gasteiger partial charge in [-0.2, -0.15) is 5.10 Å². The van der Waals surface area contributed by atoms with Crippen LogP contribution >= 0.6 is 0 Å². The molecule has 0 aliphatic carbocycles. The molecule has 3 aliphatic heterocycles. The Morgan fingerprint density at radius 2 is 1.86 bits per heavy atom. The number of hydrogen-bond donors (Lipinski definition) is 3. The molecule has 2 fully saturated rings. The van der Waals surface area contributed by atoms with E-state index in [2.05, 4.69) is 32.6 Å². The summed E-state index contributed by atoms with van der Waals surface area (Å²) in [5.74, 6) is 1.46. The number of benzene rings is 2. The molecule has 3 N–H and O–H groups in total. The maximum Gasteiger partial charge on any atom is 0.265 e. The summed E-state index contributed by atoms with van der Waals surface area (Å²) in [6.07, 6.45) is 2.99. The number of aliphatic hydroxyl groups is 1. The lowest BCUT2D eigenvalue weighted by atomic mass is 9.80. The summed E-state index contributed by atoms with van der Waals surface area (Å²) < 4.78 is 12.8. The predicted molar refractivity (Wildman–Crippen MR) is 155 cm³/mol. The molecular weight excluding hydrogens is 536 g/mol. The van der Waals surface area contributed by atoms with Crippen LogP contribution in [0, 0.1) is 5.92 Å². The average molecular weight is 571 g/mol. The van der Waals surface area contributed by atoms with Crippen molar-refractivity contribution in [3.05, 3.63) is 70.8 Å². The first-order valence-electron chi connectivity index (χ1n) is 14.6. The molecule has 11 heteroatoms. The normalized spacial score (nSPS) is 21.8. The van der Waals surface area contributed by atoms with Crippen LogP contribution in [0.5, 0.6) is 11.5 Å². The van der Waals surface area contributed by atoms with Gasteiger partial charge in [0.25, 0.3) is 5.56 Å². The van der Waals surface area contributed by atoms with E-state index >= 15 is 0 Å². The number of piperidine rings is 2. The number of ether oxygens (including phenoxy) is 2. The molecule has 0 radical (unpaired) electrons. The lowest BCUT2D eigenvalue weighted by molar-refractivity contribution is -0.141. The van der Waals surface area contributed by atoms with Gasteiger partial charge in [0.15, 0.2) is 17.1 Å². The Labute approximate surface area is 242 Å². The predicted octanol–water partition coefficient (Wildman–Crippen LogP) is 2.30. The zero-order chi connectivity index (χ0) is 28.7. The number of nitrogens with zero attached hydrogens (tertiary/aromatic N) is 4. The van der Waals surface area contributed by atoms with Crippen LogP contribution in [0.3, 0.4) is 0 Å². The molecule has 0 bridgehead atoms. The summed E-state index contributed by atoms with van der Waals surface area (Å²) in [5.41, 5.74) is 1.33. The standard InChI is InChI=1S/C31H34N6O5/c38-29(22-8-11-32-17-23(22)20-4-2-1-3-5-20)36-12-9-31(40,10-13-36)18-37-19-33-28-26(30(37)39)27(34-35-28)21-6-7-24-25(16-21)42-15-14-41-24/h1-7,16,19,22-23,32,40H,8-15,17-18H2,(H,34,35)/t22-,23+/m1/s1. The van der Waals surface area contributed by atoms with Gasteiger partial charge in [-0.25, -0.2) is 4.98 Å². The van der Waals surface area contributed by atoms with E-state index in [0.717, 1.165) is 25.1 Å². The molecule has 5 heterocycles. The number of carbonyl (C=O) groups is 1. The SMILES string of the molecule is O=C([C@@H]1CCNC[C@H]1c1ccccc1)N1CCC(O)(Cn2cnc3n[nH]c(-c4ccc5c(c4)OCCO5)c3c2=O)CC1. The van der Waals surface area contributed by atoms with E-state index in [1.807, 2.05) is 41.3 Å². The fourth-order valence-electron chi connectivity index (χ4n) is 6.53. The number of rotatable bonds is 5. The van der Waals surface area contributed by atoms with Crippen molar-refractivity contribution in [3.8, 4) is 22.8 Å². The first kappa shape index (κ1) is 26.7. The first-order valence-corrected chi connectivity index (χ1v) is 14.6. The van der Waals surface area contributed by atoms with Crippen LogP contribution in [0.15, 0.2) is 59.7 Å². The number of nitrogens with one attached hydrogen (secondary N) is 2. The summed E-state index contributed by atoms with van der Waals surface area (Å²) in [5, 5.41) is 22.5. The molecule has 0 spiro atoms. The van der Waals surface area contributed by atoms with Crippen LogP contribution in [0.25, 0.3) is 22.3 Å². The topological polar surface area (TPSA) is 135 Å². The fraction of sp³-hybridized carbons (Fsp3) is 0.419. The van der Waals surface area contributed by atoms with Gasteiger partial charge in [-0.15, -0.1) is 0 Å². The zero-order valence-corrected chi connectivity index (χ0v) is 23.3. The van der Waals surface area contributed by atoms with Gasteiger partial charge in [-0.05, 0) is 49.6 Å². The second-order valence-corrected chi connectivity index (χ2v) is 11.5. The Morgan fingerprint density at radius 1 is 1.07 bits per heavy atom. The van der Waals surface area contributed by atoms with E-state index < -0.39 is 5.60 Å². The van der Waals surface area contributed by atoms with E-state index in [9.17, 15) is 14.7 Å². The number of H-pyrrole nitrogens is 1. The minimum Gasteiger partial charge on any atom is -0.486 e. The zero-order valence-electron chi connectivity index (χ0n) is 23.3. The van der Waals surface area contributed by atoms with E-state index in [-0.39, 0.29) is 29.8 Å². The van der Waals surface area contributed by atoms with Crippen molar-refractivity contribution in [1.82, 2.24) is 30.0 Å². The third-order valence-corrected chi connectivity index (χ3v) is 8.87. The highest BCUT2D eigenvalue weighted by Crippen LogP contribution is 2.36. The molecule has 7 rings (SSSR count). The molecule has 3 aliphatic rings. The van der Waals surface area contributed by atoms with Crippen molar-refractivity contribution in [2.75, 3.05) is 39.4 Å². The van der Waals surface area contributed by atoms with Crippen LogP contribution in [-0.2, 0) is 11.3 Å². The summed E-state index contributed by atoms with van der Waals surface area (Å²) in [7, 11) is 0. The van der Waals surface area contributed by atoms with Gasteiger partial charge in [-0.3, -0.25) is 19.3 Å². The van der Waals surface area contributed by atoms with Gasteiger partial charge < -0.3 is 24.8 Å². The number of aromatic amines is 1. The Hall–Kier alpha value is -4.22. The minimum atomic E-state index is -1.14. The Morgan fingerprint density at radius 3 is 2.67 bits per heavy atom. The van der Waals surface area contributed by atoms with E-state index in [0.29, 0.717) is 67.4 Å². The highest BCUT2D eigenvalue weighted by molar-refractivity contribution is 5.90. The Balaban J connectivity index is 1.07. The number of likely N-dealkylation sites (tertiary alicyclic amines) is 1. The van der Waals surface area contributed by atoms with Gasteiger partial charge in [0.1, 0.15) is 24.9 Å². The van der Waals surface area contributed by atoms with Crippen LogP contribution in [0.4, 0.5) is 0 Å². The summed E-state index contributed by atoms with van der Waals surface area (Å²) in [6.45, 7) is 3.52.